The second-order valence-electron chi connectivity index (χ2n) is 5.23. The van der Waals surface area contributed by atoms with E-state index in [-0.39, 0.29) is 41.8 Å². The van der Waals surface area contributed by atoms with E-state index >= 15 is 0 Å². The van der Waals surface area contributed by atoms with Crippen LogP contribution in [0, 0.1) is 23.7 Å². The summed E-state index contributed by atoms with van der Waals surface area (Å²) in [5.41, 5.74) is 0. The summed E-state index contributed by atoms with van der Waals surface area (Å²) in [6, 6.07) is 0. The highest BCUT2D eigenvalue weighted by atomic mass is 16.6. The average molecular weight is 238 g/mol. The normalized spacial score (nSPS) is 50.6. The lowest BCUT2D eigenvalue weighted by Gasteiger charge is -2.34. The number of aliphatic hydroxyl groups is 1. The molecule has 1 saturated heterocycles. The molecule has 17 heavy (non-hydrogen) atoms. The van der Waals surface area contributed by atoms with Crippen molar-refractivity contribution in [1.29, 1.82) is 0 Å². The second-order valence-corrected chi connectivity index (χ2v) is 5.23. The van der Waals surface area contributed by atoms with Gasteiger partial charge in [-0.3, -0.25) is 4.79 Å². The number of ether oxygens (including phenoxy) is 2. The monoisotopic (exact) mass is 238 g/mol. The van der Waals surface area contributed by atoms with Gasteiger partial charge in [-0.25, -0.2) is 0 Å². The Labute approximate surface area is 101 Å². The van der Waals surface area contributed by atoms with E-state index in [2.05, 4.69) is 0 Å². The molecule has 0 aromatic heterocycles. The van der Waals surface area contributed by atoms with Gasteiger partial charge in [0.2, 0.25) is 0 Å². The first-order valence-corrected chi connectivity index (χ1v) is 6.33. The standard InChI is InChI=1S/C13H18O4/c1-3-16-13(15)9-6(2)11-12(17-11)10-7(9)4-5-8(10)14/h4-12,14H,3H2,1-2H3/t6-,7-,8-,9+,10+,11+,12-/m0/s1. The van der Waals surface area contributed by atoms with Crippen LogP contribution < -0.4 is 0 Å². The van der Waals surface area contributed by atoms with Crippen molar-refractivity contribution >= 4 is 5.97 Å². The fourth-order valence-electron chi connectivity index (χ4n) is 3.53. The molecular formula is C13H18O4. The van der Waals surface area contributed by atoms with Gasteiger partial charge in [0.1, 0.15) is 0 Å². The minimum absolute atomic E-state index is 0.0469. The van der Waals surface area contributed by atoms with E-state index in [9.17, 15) is 9.90 Å². The van der Waals surface area contributed by atoms with Gasteiger partial charge in [-0.15, -0.1) is 0 Å². The fraction of sp³-hybridized carbons (Fsp3) is 0.769. The number of rotatable bonds is 2. The molecule has 1 saturated carbocycles. The summed E-state index contributed by atoms with van der Waals surface area (Å²) >= 11 is 0. The summed E-state index contributed by atoms with van der Waals surface area (Å²) in [5, 5.41) is 9.92. The Balaban J connectivity index is 1.86. The molecule has 0 bridgehead atoms. The summed E-state index contributed by atoms with van der Waals surface area (Å²) in [6.07, 6.45) is 3.54. The third-order valence-corrected chi connectivity index (χ3v) is 4.37. The molecule has 4 heteroatoms. The van der Waals surface area contributed by atoms with Crippen molar-refractivity contribution < 1.29 is 19.4 Å². The lowest BCUT2D eigenvalue weighted by atomic mass is 9.68. The van der Waals surface area contributed by atoms with E-state index in [0.717, 1.165) is 0 Å². The quantitative estimate of drug-likeness (QED) is 0.438. The molecule has 0 aromatic rings. The number of carbonyl (C=O) groups excluding carboxylic acids is 1. The van der Waals surface area contributed by atoms with Crippen molar-refractivity contribution in [3.8, 4) is 0 Å². The number of hydrogen-bond donors (Lipinski definition) is 1. The number of esters is 1. The van der Waals surface area contributed by atoms with Crippen LogP contribution in [0.3, 0.4) is 0 Å². The maximum absolute atomic E-state index is 12.0. The topological polar surface area (TPSA) is 59.1 Å². The van der Waals surface area contributed by atoms with Gasteiger partial charge in [-0.1, -0.05) is 19.1 Å². The molecule has 0 amide bonds. The van der Waals surface area contributed by atoms with E-state index in [4.69, 9.17) is 9.47 Å². The Bertz CT molecular complexity index is 364. The molecule has 0 aromatic carbocycles. The van der Waals surface area contributed by atoms with Crippen molar-refractivity contribution in [2.45, 2.75) is 32.2 Å². The number of epoxide rings is 1. The van der Waals surface area contributed by atoms with E-state index in [0.29, 0.717) is 6.61 Å². The van der Waals surface area contributed by atoms with Gasteiger partial charge < -0.3 is 14.6 Å². The summed E-state index contributed by atoms with van der Waals surface area (Å²) in [4.78, 5) is 12.0. The van der Waals surface area contributed by atoms with Crippen LogP contribution in [0.5, 0.6) is 0 Å². The third kappa shape index (κ3) is 1.54. The van der Waals surface area contributed by atoms with Crippen LogP contribution in [0.15, 0.2) is 12.2 Å². The Morgan fingerprint density at radius 3 is 2.88 bits per heavy atom. The molecule has 4 nitrogen and oxygen atoms in total. The molecule has 1 heterocycles. The zero-order chi connectivity index (χ0) is 12.2. The predicted octanol–water partition coefficient (Wildman–Crippen LogP) is 0.746. The number of carbonyl (C=O) groups is 1. The summed E-state index contributed by atoms with van der Waals surface area (Å²) in [5.74, 6) is -0.0246. The minimum atomic E-state index is -0.473. The molecule has 0 spiro atoms. The highest BCUT2D eigenvalue weighted by molar-refractivity contribution is 5.74. The number of allylic oxidation sites excluding steroid dienone is 1. The molecule has 1 N–H and O–H groups in total. The molecule has 2 aliphatic carbocycles. The Hall–Kier alpha value is -0.870. The van der Waals surface area contributed by atoms with E-state index in [1.807, 2.05) is 19.9 Å². The van der Waals surface area contributed by atoms with Crippen molar-refractivity contribution in [1.82, 2.24) is 0 Å². The highest BCUT2D eigenvalue weighted by Crippen LogP contribution is 2.54. The van der Waals surface area contributed by atoms with Crippen molar-refractivity contribution in [2.75, 3.05) is 6.61 Å². The summed E-state index contributed by atoms with van der Waals surface area (Å²) < 4.78 is 10.8. The number of hydrogen-bond acceptors (Lipinski definition) is 4. The van der Waals surface area contributed by atoms with Crippen LogP contribution in [0.25, 0.3) is 0 Å². The van der Waals surface area contributed by atoms with E-state index < -0.39 is 6.10 Å². The summed E-state index contributed by atoms with van der Waals surface area (Å²) in [6.45, 7) is 4.26. The minimum Gasteiger partial charge on any atom is -0.466 e. The van der Waals surface area contributed by atoms with Gasteiger partial charge in [-0.05, 0) is 18.8 Å². The van der Waals surface area contributed by atoms with Gasteiger partial charge >= 0.3 is 5.97 Å². The van der Waals surface area contributed by atoms with Gasteiger partial charge in [0.25, 0.3) is 0 Å². The van der Waals surface area contributed by atoms with Crippen LogP contribution in [-0.2, 0) is 14.3 Å². The van der Waals surface area contributed by atoms with Gasteiger partial charge in [-0.2, -0.15) is 0 Å². The average Bonchev–Trinajstić information content (AvgIpc) is 2.99. The maximum atomic E-state index is 12.0. The molecule has 2 fully saturated rings. The molecular weight excluding hydrogens is 220 g/mol. The molecule has 3 rings (SSSR count). The van der Waals surface area contributed by atoms with Crippen LogP contribution in [0.2, 0.25) is 0 Å². The van der Waals surface area contributed by atoms with Crippen LogP contribution in [0.1, 0.15) is 13.8 Å². The Morgan fingerprint density at radius 1 is 1.41 bits per heavy atom. The van der Waals surface area contributed by atoms with Crippen molar-refractivity contribution in [2.24, 2.45) is 23.7 Å². The lowest BCUT2D eigenvalue weighted by molar-refractivity contribution is -0.153. The maximum Gasteiger partial charge on any atom is 0.309 e. The zero-order valence-electron chi connectivity index (χ0n) is 10.1. The molecule has 0 radical (unpaired) electrons. The molecule has 1 aliphatic heterocycles. The smallest absolute Gasteiger partial charge is 0.309 e. The van der Waals surface area contributed by atoms with E-state index in [1.165, 1.54) is 0 Å². The predicted molar refractivity (Wildman–Crippen MR) is 60.1 cm³/mol. The molecule has 3 aliphatic rings. The third-order valence-electron chi connectivity index (χ3n) is 4.37. The van der Waals surface area contributed by atoms with Gasteiger partial charge in [0, 0.05) is 5.92 Å². The van der Waals surface area contributed by atoms with Gasteiger partial charge in [0.15, 0.2) is 0 Å². The van der Waals surface area contributed by atoms with Crippen LogP contribution in [-0.4, -0.2) is 36.0 Å². The van der Waals surface area contributed by atoms with Crippen LogP contribution >= 0.6 is 0 Å². The van der Waals surface area contributed by atoms with Crippen molar-refractivity contribution in [3.63, 3.8) is 0 Å². The molecule has 7 atom stereocenters. The number of aliphatic hydroxyl groups excluding tert-OH is 1. The Kier molecular flexibility index (Phi) is 2.52. The number of fused-ring (bicyclic) bond motifs is 3. The SMILES string of the molecule is CCOC(=O)[C@@H]1[C@H](C)[C@H]2O[C@H]2[C@@H]2[C@H]1C=C[C@@H]2O. The second kappa shape index (κ2) is 3.82. The lowest BCUT2D eigenvalue weighted by Crippen LogP contribution is -2.44. The first kappa shape index (κ1) is 11.2. The van der Waals surface area contributed by atoms with Crippen LogP contribution in [0.4, 0.5) is 0 Å². The summed E-state index contributed by atoms with van der Waals surface area (Å²) in [7, 11) is 0. The molecule has 0 unspecified atom stereocenters. The van der Waals surface area contributed by atoms with Crippen molar-refractivity contribution in [3.05, 3.63) is 12.2 Å². The first-order chi connectivity index (χ1) is 8.15. The molecule has 94 valence electrons. The van der Waals surface area contributed by atoms with Gasteiger partial charge in [0.05, 0.1) is 30.8 Å². The first-order valence-electron chi connectivity index (χ1n) is 6.33. The Morgan fingerprint density at radius 2 is 2.18 bits per heavy atom. The fourth-order valence-corrected chi connectivity index (χ4v) is 3.53. The largest absolute Gasteiger partial charge is 0.466 e. The van der Waals surface area contributed by atoms with E-state index in [1.54, 1.807) is 6.08 Å². The highest BCUT2D eigenvalue weighted by Gasteiger charge is 2.63. The zero-order valence-corrected chi connectivity index (χ0v) is 10.1.